The Hall–Kier alpha value is -1.87. The molecule has 0 bridgehead atoms. The number of rotatable bonds is 9. The normalized spacial score (nSPS) is 11.7. The second-order valence-electron chi connectivity index (χ2n) is 5.79. The summed E-state index contributed by atoms with van der Waals surface area (Å²) in [7, 11) is 0. The van der Waals surface area contributed by atoms with Crippen molar-refractivity contribution in [2.75, 3.05) is 12.3 Å². The highest BCUT2D eigenvalue weighted by Crippen LogP contribution is 2.22. The van der Waals surface area contributed by atoms with Gasteiger partial charge in [0.2, 0.25) is 5.13 Å². The van der Waals surface area contributed by atoms with E-state index in [0.717, 1.165) is 53.7 Å². The minimum atomic E-state index is -0.111. The van der Waals surface area contributed by atoms with E-state index >= 15 is 0 Å². The molecule has 2 aromatic rings. The van der Waals surface area contributed by atoms with Crippen molar-refractivity contribution in [3.63, 3.8) is 0 Å². The summed E-state index contributed by atoms with van der Waals surface area (Å²) in [5.74, 6) is 2.81. The molecule has 142 valence electrons. The zero-order chi connectivity index (χ0) is 18.9. The smallest absolute Gasteiger partial charge is 0.276 e. The van der Waals surface area contributed by atoms with Crippen LogP contribution in [0.15, 0.2) is 15.2 Å². The Balaban J connectivity index is 1.81. The SMILES string of the molecule is CCCNC(N)=Nc1nc(CSCCc2nc(=O)c(CC)c(C)[nH]2)cs1. The summed E-state index contributed by atoms with van der Waals surface area (Å²) in [5.41, 5.74) is 8.36. The molecule has 2 rings (SSSR count). The minimum absolute atomic E-state index is 0.111. The maximum absolute atomic E-state index is 11.9. The second kappa shape index (κ2) is 10.3. The van der Waals surface area contributed by atoms with E-state index in [1.165, 1.54) is 11.3 Å². The fourth-order valence-corrected chi connectivity index (χ4v) is 4.00. The molecule has 0 spiro atoms. The van der Waals surface area contributed by atoms with Gasteiger partial charge >= 0.3 is 0 Å². The number of aryl methyl sites for hydroxylation is 2. The van der Waals surface area contributed by atoms with Crippen LogP contribution in [-0.2, 0) is 18.6 Å². The molecule has 4 N–H and O–H groups in total. The first kappa shape index (κ1) is 20.4. The van der Waals surface area contributed by atoms with E-state index in [1.807, 2.05) is 19.2 Å². The van der Waals surface area contributed by atoms with Gasteiger partial charge < -0.3 is 16.0 Å². The van der Waals surface area contributed by atoms with Crippen LogP contribution in [0.4, 0.5) is 5.13 Å². The van der Waals surface area contributed by atoms with Gasteiger partial charge in [0, 0.05) is 41.1 Å². The molecular formula is C17H26N6OS2. The third kappa shape index (κ3) is 6.14. The number of thioether (sulfide) groups is 1. The summed E-state index contributed by atoms with van der Waals surface area (Å²) in [6, 6.07) is 0. The van der Waals surface area contributed by atoms with E-state index in [2.05, 4.69) is 32.2 Å². The van der Waals surface area contributed by atoms with Crippen LogP contribution in [0, 0.1) is 6.92 Å². The minimum Gasteiger partial charge on any atom is -0.370 e. The van der Waals surface area contributed by atoms with E-state index in [1.54, 1.807) is 11.8 Å². The number of H-pyrrole nitrogens is 1. The van der Waals surface area contributed by atoms with Crippen LogP contribution in [0.3, 0.4) is 0 Å². The highest BCUT2D eigenvalue weighted by atomic mass is 32.2. The zero-order valence-corrected chi connectivity index (χ0v) is 17.1. The number of aromatic amines is 1. The molecular weight excluding hydrogens is 368 g/mol. The average Bonchev–Trinajstić information content (AvgIpc) is 3.04. The van der Waals surface area contributed by atoms with Crippen LogP contribution < -0.4 is 16.6 Å². The van der Waals surface area contributed by atoms with Gasteiger partial charge in [-0.05, 0) is 19.8 Å². The first-order valence-corrected chi connectivity index (χ1v) is 10.8. The van der Waals surface area contributed by atoms with Crippen molar-refractivity contribution in [3.05, 3.63) is 38.5 Å². The van der Waals surface area contributed by atoms with Gasteiger partial charge in [0.1, 0.15) is 5.82 Å². The molecule has 0 aliphatic carbocycles. The molecule has 2 heterocycles. The van der Waals surface area contributed by atoms with Crippen molar-refractivity contribution >= 4 is 34.2 Å². The summed E-state index contributed by atoms with van der Waals surface area (Å²) < 4.78 is 0. The molecule has 2 aromatic heterocycles. The number of thiazole rings is 1. The van der Waals surface area contributed by atoms with E-state index in [4.69, 9.17) is 5.73 Å². The molecule has 7 nitrogen and oxygen atoms in total. The molecule has 0 amide bonds. The lowest BCUT2D eigenvalue weighted by Crippen LogP contribution is -2.31. The van der Waals surface area contributed by atoms with E-state index in [-0.39, 0.29) is 5.56 Å². The van der Waals surface area contributed by atoms with Crippen molar-refractivity contribution in [1.82, 2.24) is 20.3 Å². The number of aromatic nitrogens is 3. The molecule has 0 atom stereocenters. The van der Waals surface area contributed by atoms with Crippen LogP contribution in [0.1, 0.15) is 43.0 Å². The van der Waals surface area contributed by atoms with Gasteiger partial charge in [0.05, 0.1) is 5.69 Å². The molecule has 0 aromatic carbocycles. The predicted molar refractivity (Wildman–Crippen MR) is 111 cm³/mol. The van der Waals surface area contributed by atoms with Gasteiger partial charge in [-0.3, -0.25) is 4.79 Å². The Labute approximate surface area is 162 Å². The van der Waals surface area contributed by atoms with E-state index < -0.39 is 0 Å². The van der Waals surface area contributed by atoms with Crippen LogP contribution in [-0.4, -0.2) is 33.2 Å². The Morgan fingerprint density at radius 2 is 2.23 bits per heavy atom. The number of hydrogen-bond donors (Lipinski definition) is 3. The van der Waals surface area contributed by atoms with Crippen molar-refractivity contribution in [2.24, 2.45) is 10.7 Å². The number of nitrogens with one attached hydrogen (secondary N) is 2. The lowest BCUT2D eigenvalue weighted by molar-refractivity contribution is 0.833. The quantitative estimate of drug-likeness (QED) is 0.342. The highest BCUT2D eigenvalue weighted by Gasteiger charge is 2.07. The first-order chi connectivity index (χ1) is 12.5. The van der Waals surface area contributed by atoms with Gasteiger partial charge in [-0.25, -0.2) is 4.98 Å². The molecule has 0 radical (unpaired) electrons. The van der Waals surface area contributed by atoms with Crippen molar-refractivity contribution in [1.29, 1.82) is 0 Å². The van der Waals surface area contributed by atoms with Crippen molar-refractivity contribution < 1.29 is 0 Å². The van der Waals surface area contributed by atoms with Crippen LogP contribution in [0.2, 0.25) is 0 Å². The molecule has 0 saturated carbocycles. The third-order valence-electron chi connectivity index (χ3n) is 3.68. The lowest BCUT2D eigenvalue weighted by atomic mass is 10.2. The fourth-order valence-electron chi connectivity index (χ4n) is 2.36. The molecule has 0 aliphatic heterocycles. The first-order valence-electron chi connectivity index (χ1n) is 8.72. The van der Waals surface area contributed by atoms with Gasteiger partial charge in [-0.15, -0.1) is 11.3 Å². The van der Waals surface area contributed by atoms with Crippen LogP contribution in [0.25, 0.3) is 0 Å². The maximum atomic E-state index is 11.9. The van der Waals surface area contributed by atoms with Crippen LogP contribution >= 0.6 is 23.1 Å². The average molecular weight is 395 g/mol. The summed E-state index contributed by atoms with van der Waals surface area (Å²) in [6.45, 7) is 6.77. The molecule has 9 heteroatoms. The second-order valence-corrected chi connectivity index (χ2v) is 7.74. The van der Waals surface area contributed by atoms with Crippen molar-refractivity contribution in [3.8, 4) is 0 Å². The predicted octanol–water partition coefficient (Wildman–Crippen LogP) is 2.52. The summed E-state index contributed by atoms with van der Waals surface area (Å²) in [5, 5.41) is 5.70. The molecule has 26 heavy (non-hydrogen) atoms. The largest absolute Gasteiger partial charge is 0.370 e. The number of guanidine groups is 1. The number of aliphatic imine (C=N–C) groups is 1. The molecule has 0 fully saturated rings. The monoisotopic (exact) mass is 394 g/mol. The third-order valence-corrected chi connectivity index (χ3v) is 5.45. The van der Waals surface area contributed by atoms with E-state index in [9.17, 15) is 4.79 Å². The topological polar surface area (TPSA) is 109 Å². The van der Waals surface area contributed by atoms with Gasteiger partial charge in [-0.1, -0.05) is 13.8 Å². The zero-order valence-electron chi connectivity index (χ0n) is 15.5. The van der Waals surface area contributed by atoms with Crippen molar-refractivity contribution in [2.45, 2.75) is 45.8 Å². The molecule has 0 unspecified atom stereocenters. The number of hydrogen-bond acceptors (Lipinski definition) is 6. The van der Waals surface area contributed by atoms with Gasteiger partial charge in [-0.2, -0.15) is 21.7 Å². The number of nitrogens with two attached hydrogens (primary N) is 1. The van der Waals surface area contributed by atoms with Crippen LogP contribution in [0.5, 0.6) is 0 Å². The number of nitrogens with zero attached hydrogens (tertiary/aromatic N) is 3. The molecule has 0 aliphatic rings. The summed E-state index contributed by atoms with van der Waals surface area (Å²) in [4.78, 5) is 28.0. The fraction of sp³-hybridized carbons (Fsp3) is 0.529. The molecule has 0 saturated heterocycles. The Morgan fingerprint density at radius 1 is 1.42 bits per heavy atom. The summed E-state index contributed by atoms with van der Waals surface area (Å²) >= 11 is 3.24. The Morgan fingerprint density at radius 3 is 2.92 bits per heavy atom. The lowest BCUT2D eigenvalue weighted by Gasteiger charge is -2.05. The standard InChI is InChI=1S/C17H26N6OS2/c1-4-7-19-16(18)23-17-21-12(10-26-17)9-25-8-6-14-20-11(3)13(5-2)15(24)22-14/h10H,4-9H2,1-3H3,(H,20,22,24)(H3,18,19,21,23). The van der Waals surface area contributed by atoms with E-state index in [0.29, 0.717) is 17.5 Å². The van der Waals surface area contributed by atoms with Gasteiger partial charge in [0.15, 0.2) is 5.96 Å². The Bertz CT molecular complexity index is 799. The van der Waals surface area contributed by atoms with Gasteiger partial charge in [0.25, 0.3) is 5.56 Å². The maximum Gasteiger partial charge on any atom is 0.276 e. The Kier molecular flexibility index (Phi) is 8.11. The summed E-state index contributed by atoms with van der Waals surface area (Å²) in [6.07, 6.45) is 2.43. The highest BCUT2D eigenvalue weighted by molar-refractivity contribution is 7.98.